The molecule has 76 valence electrons. The van der Waals surface area contributed by atoms with Gasteiger partial charge in [0.2, 0.25) is 0 Å². The van der Waals surface area contributed by atoms with Crippen molar-refractivity contribution in [3.63, 3.8) is 0 Å². The van der Waals surface area contributed by atoms with Crippen molar-refractivity contribution in [1.29, 1.82) is 0 Å². The van der Waals surface area contributed by atoms with Gasteiger partial charge in [-0.15, -0.1) is 6.58 Å². The molecule has 1 unspecified atom stereocenters. The molecule has 0 aliphatic rings. The highest BCUT2D eigenvalue weighted by Crippen LogP contribution is 2.07. The van der Waals surface area contributed by atoms with Gasteiger partial charge in [-0.2, -0.15) is 0 Å². The second kappa shape index (κ2) is 6.33. The number of aromatic nitrogens is 1. The molecule has 0 aromatic carbocycles. The molecular formula is C12H18N2. The second-order valence-corrected chi connectivity index (χ2v) is 3.36. The predicted octanol–water partition coefficient (Wildman–Crippen LogP) is 2.70. The van der Waals surface area contributed by atoms with Gasteiger partial charge in [-0.05, 0) is 38.4 Å². The molecule has 0 radical (unpaired) electrons. The zero-order chi connectivity index (χ0) is 10.2. The average molecular weight is 190 g/mol. The molecule has 0 saturated heterocycles. The standard InChI is InChI=1S/C12H18N2/c1-3-4-6-9-13-11(2)12-8-5-7-10-14-12/h3,5,7-8,10-11,13H,1,4,6,9H2,2H3. The highest BCUT2D eigenvalue weighted by molar-refractivity contribution is 5.07. The Morgan fingerprint density at radius 3 is 3.07 bits per heavy atom. The zero-order valence-electron chi connectivity index (χ0n) is 8.74. The van der Waals surface area contributed by atoms with Crippen molar-refractivity contribution in [3.8, 4) is 0 Å². The first-order valence-corrected chi connectivity index (χ1v) is 5.10. The zero-order valence-corrected chi connectivity index (χ0v) is 8.74. The molecule has 1 rings (SSSR count). The lowest BCUT2D eigenvalue weighted by Crippen LogP contribution is -2.20. The van der Waals surface area contributed by atoms with Crippen molar-refractivity contribution in [2.75, 3.05) is 6.54 Å². The van der Waals surface area contributed by atoms with E-state index in [4.69, 9.17) is 0 Å². The van der Waals surface area contributed by atoms with Gasteiger partial charge >= 0.3 is 0 Å². The van der Waals surface area contributed by atoms with Crippen LogP contribution in [0, 0.1) is 0 Å². The maximum absolute atomic E-state index is 4.29. The number of unbranched alkanes of at least 4 members (excludes halogenated alkanes) is 1. The van der Waals surface area contributed by atoms with Crippen LogP contribution in [0.2, 0.25) is 0 Å². The molecule has 2 heteroatoms. The van der Waals surface area contributed by atoms with E-state index in [-0.39, 0.29) is 0 Å². The minimum atomic E-state index is 0.334. The summed E-state index contributed by atoms with van der Waals surface area (Å²) in [6, 6.07) is 6.34. The van der Waals surface area contributed by atoms with Crippen LogP contribution in [0.3, 0.4) is 0 Å². The first-order chi connectivity index (χ1) is 6.84. The van der Waals surface area contributed by atoms with Gasteiger partial charge in [0.1, 0.15) is 0 Å². The summed E-state index contributed by atoms with van der Waals surface area (Å²) in [7, 11) is 0. The largest absolute Gasteiger partial charge is 0.309 e. The predicted molar refractivity (Wildman–Crippen MR) is 60.1 cm³/mol. The highest BCUT2D eigenvalue weighted by Gasteiger charge is 2.03. The summed E-state index contributed by atoms with van der Waals surface area (Å²) in [5.41, 5.74) is 1.10. The number of nitrogens with one attached hydrogen (secondary N) is 1. The number of hydrogen-bond donors (Lipinski definition) is 1. The Bertz CT molecular complexity index is 256. The average Bonchev–Trinajstić information content (AvgIpc) is 2.25. The first kappa shape index (κ1) is 10.9. The van der Waals surface area contributed by atoms with Crippen LogP contribution in [-0.4, -0.2) is 11.5 Å². The van der Waals surface area contributed by atoms with Gasteiger partial charge < -0.3 is 5.32 Å². The maximum atomic E-state index is 4.29. The lowest BCUT2D eigenvalue weighted by Gasteiger charge is -2.12. The van der Waals surface area contributed by atoms with Crippen molar-refractivity contribution < 1.29 is 0 Å². The van der Waals surface area contributed by atoms with Crippen LogP contribution in [0.25, 0.3) is 0 Å². The van der Waals surface area contributed by atoms with Gasteiger partial charge in [0, 0.05) is 12.2 Å². The molecule has 1 atom stereocenters. The molecule has 1 N–H and O–H groups in total. The Hall–Kier alpha value is -1.15. The van der Waals surface area contributed by atoms with Crippen LogP contribution in [0.4, 0.5) is 0 Å². The maximum Gasteiger partial charge on any atom is 0.0570 e. The Kier molecular flexibility index (Phi) is 4.94. The van der Waals surface area contributed by atoms with Gasteiger partial charge in [-0.1, -0.05) is 12.1 Å². The Morgan fingerprint density at radius 1 is 1.57 bits per heavy atom. The van der Waals surface area contributed by atoms with E-state index in [0.29, 0.717) is 6.04 Å². The third-order valence-electron chi connectivity index (χ3n) is 2.17. The van der Waals surface area contributed by atoms with E-state index in [9.17, 15) is 0 Å². The molecule has 1 aromatic rings. The Labute approximate surface area is 86.1 Å². The van der Waals surface area contributed by atoms with Crippen LogP contribution in [0.1, 0.15) is 31.5 Å². The fraction of sp³-hybridized carbons (Fsp3) is 0.417. The molecule has 0 aliphatic heterocycles. The molecule has 2 nitrogen and oxygen atoms in total. The summed E-state index contributed by atoms with van der Waals surface area (Å²) in [5.74, 6) is 0. The van der Waals surface area contributed by atoms with Crippen molar-refractivity contribution in [1.82, 2.24) is 10.3 Å². The molecule has 0 aliphatic carbocycles. The van der Waals surface area contributed by atoms with Crippen LogP contribution < -0.4 is 5.32 Å². The fourth-order valence-electron chi connectivity index (χ4n) is 1.30. The summed E-state index contributed by atoms with van der Waals surface area (Å²) >= 11 is 0. The summed E-state index contributed by atoms with van der Waals surface area (Å²) in [6.45, 7) is 6.85. The molecule has 0 fully saturated rings. The molecule has 0 saturated carbocycles. The van der Waals surface area contributed by atoms with E-state index in [1.807, 2.05) is 30.5 Å². The second-order valence-electron chi connectivity index (χ2n) is 3.36. The van der Waals surface area contributed by atoms with Gasteiger partial charge in [0.05, 0.1) is 5.69 Å². The number of nitrogens with zero attached hydrogens (tertiary/aromatic N) is 1. The van der Waals surface area contributed by atoms with E-state index >= 15 is 0 Å². The van der Waals surface area contributed by atoms with Crippen molar-refractivity contribution in [3.05, 3.63) is 42.7 Å². The van der Waals surface area contributed by atoms with E-state index in [1.54, 1.807) is 0 Å². The molecular weight excluding hydrogens is 172 g/mol. The summed E-state index contributed by atoms with van der Waals surface area (Å²) < 4.78 is 0. The Morgan fingerprint density at radius 2 is 2.43 bits per heavy atom. The number of allylic oxidation sites excluding steroid dienone is 1. The molecule has 0 amide bonds. The van der Waals surface area contributed by atoms with Crippen molar-refractivity contribution in [2.45, 2.75) is 25.8 Å². The molecule has 0 spiro atoms. The summed E-state index contributed by atoms with van der Waals surface area (Å²) in [4.78, 5) is 4.29. The molecule has 0 bridgehead atoms. The number of hydrogen-bond acceptors (Lipinski definition) is 2. The van der Waals surface area contributed by atoms with Gasteiger partial charge in [0.25, 0.3) is 0 Å². The third-order valence-corrected chi connectivity index (χ3v) is 2.17. The minimum Gasteiger partial charge on any atom is -0.309 e. The lowest BCUT2D eigenvalue weighted by atomic mass is 10.2. The first-order valence-electron chi connectivity index (χ1n) is 5.10. The van der Waals surface area contributed by atoms with Gasteiger partial charge in [0.15, 0.2) is 0 Å². The highest BCUT2D eigenvalue weighted by atomic mass is 14.9. The van der Waals surface area contributed by atoms with Gasteiger partial charge in [-0.3, -0.25) is 4.98 Å². The molecule has 1 aromatic heterocycles. The number of rotatable bonds is 6. The van der Waals surface area contributed by atoms with Crippen LogP contribution in [0.15, 0.2) is 37.1 Å². The Balaban J connectivity index is 2.28. The summed E-state index contributed by atoms with van der Waals surface area (Å²) in [6.07, 6.45) is 5.99. The summed E-state index contributed by atoms with van der Waals surface area (Å²) in [5, 5.41) is 3.42. The fourth-order valence-corrected chi connectivity index (χ4v) is 1.30. The normalized spacial score (nSPS) is 12.4. The topological polar surface area (TPSA) is 24.9 Å². The SMILES string of the molecule is C=CCCCNC(C)c1ccccn1. The van der Waals surface area contributed by atoms with Crippen molar-refractivity contribution >= 4 is 0 Å². The smallest absolute Gasteiger partial charge is 0.0570 e. The quantitative estimate of drug-likeness (QED) is 0.551. The monoisotopic (exact) mass is 190 g/mol. The molecule has 14 heavy (non-hydrogen) atoms. The van der Waals surface area contributed by atoms with Crippen molar-refractivity contribution in [2.24, 2.45) is 0 Å². The van der Waals surface area contributed by atoms with E-state index < -0.39 is 0 Å². The van der Waals surface area contributed by atoms with E-state index in [0.717, 1.165) is 25.1 Å². The van der Waals surface area contributed by atoms with Crippen LogP contribution >= 0.6 is 0 Å². The van der Waals surface area contributed by atoms with Gasteiger partial charge in [-0.25, -0.2) is 0 Å². The third kappa shape index (κ3) is 3.71. The lowest BCUT2D eigenvalue weighted by molar-refractivity contribution is 0.550. The minimum absolute atomic E-state index is 0.334. The van der Waals surface area contributed by atoms with Crippen LogP contribution in [-0.2, 0) is 0 Å². The van der Waals surface area contributed by atoms with E-state index in [2.05, 4.69) is 23.8 Å². The van der Waals surface area contributed by atoms with Crippen LogP contribution in [0.5, 0.6) is 0 Å². The number of pyridine rings is 1. The van der Waals surface area contributed by atoms with E-state index in [1.165, 1.54) is 0 Å². The molecule has 1 heterocycles.